The molecule has 0 saturated heterocycles. The van der Waals surface area contributed by atoms with Gasteiger partial charge >= 0.3 is 0 Å². The van der Waals surface area contributed by atoms with Gasteiger partial charge in [0.2, 0.25) is 0 Å². The predicted octanol–water partition coefficient (Wildman–Crippen LogP) is 18.1. The van der Waals surface area contributed by atoms with Crippen molar-refractivity contribution in [3.8, 4) is 29.1 Å². The van der Waals surface area contributed by atoms with Crippen LogP contribution < -0.4 is 0 Å². The van der Waals surface area contributed by atoms with Crippen LogP contribution in [-0.4, -0.2) is 142 Å². The van der Waals surface area contributed by atoms with E-state index < -0.39 is 0 Å². The van der Waals surface area contributed by atoms with Gasteiger partial charge in [-0.1, -0.05) is 175 Å². The number of aliphatic hydroxyl groups excluding tert-OH is 1. The van der Waals surface area contributed by atoms with E-state index in [1.165, 1.54) is 122 Å². The van der Waals surface area contributed by atoms with Crippen LogP contribution in [0.2, 0.25) is 20.1 Å². The monoisotopic (exact) mass is 1510 g/mol. The van der Waals surface area contributed by atoms with E-state index in [1.807, 2.05) is 60.2 Å². The van der Waals surface area contributed by atoms with E-state index in [0.29, 0.717) is 67.9 Å². The summed E-state index contributed by atoms with van der Waals surface area (Å²) < 4.78 is 0. The van der Waals surface area contributed by atoms with Crippen LogP contribution in [0.5, 0.6) is 23.0 Å². The molecule has 0 unspecified atom stereocenters. The van der Waals surface area contributed by atoms with Crippen LogP contribution in [0, 0.1) is 11.3 Å². The number of aryl methyl sites for hydroxylation is 4. The lowest BCUT2D eigenvalue weighted by Crippen LogP contribution is -2.39. The summed E-state index contributed by atoms with van der Waals surface area (Å²) >= 11 is 30.5. The zero-order chi connectivity index (χ0) is 69.8. The minimum atomic E-state index is 0.201. The molecule has 8 aromatic rings. The van der Waals surface area contributed by atoms with Crippen molar-refractivity contribution in [3.63, 3.8) is 0 Å². The lowest BCUT2D eigenvalue weighted by atomic mass is 9.74. The molecule has 0 bridgehead atoms. The number of hydrogen-bond acceptors (Lipinski definition) is 10. The first kappa shape index (κ1) is 75.6. The topological polar surface area (TPSA) is 138 Å². The Morgan fingerprint density at radius 3 is 0.711 bits per heavy atom. The molecule has 10 nitrogen and oxygen atoms in total. The fourth-order valence-electron chi connectivity index (χ4n) is 16.7. The molecule has 16 rings (SSSR count). The van der Waals surface area contributed by atoms with Crippen LogP contribution in [0.15, 0.2) is 146 Å². The molecule has 97 heavy (non-hydrogen) atoms. The molecular formula is C81H93Br2Cl4N5O5. The Balaban J connectivity index is 0.000000146. The van der Waals surface area contributed by atoms with Crippen LogP contribution in [0.25, 0.3) is 0 Å². The molecule has 0 spiro atoms. The summed E-state index contributed by atoms with van der Waals surface area (Å²) in [5, 5.41) is 56.7. The van der Waals surface area contributed by atoms with Crippen LogP contribution in [-0.2, 0) is 51.4 Å². The lowest BCUT2D eigenvalue weighted by Gasteiger charge is -2.38. The number of halogens is 6. The van der Waals surface area contributed by atoms with Crippen LogP contribution in [0.4, 0.5) is 0 Å². The number of phenols is 4. The second kappa shape index (κ2) is 35.1. The van der Waals surface area contributed by atoms with E-state index in [0.717, 1.165) is 84.7 Å². The van der Waals surface area contributed by atoms with Crippen molar-refractivity contribution in [3.05, 3.63) is 255 Å². The number of alkyl halides is 2. The first-order chi connectivity index (χ1) is 47.0. The molecule has 8 aromatic carbocycles. The number of aromatic hydroxyl groups is 4. The highest BCUT2D eigenvalue weighted by atomic mass is 79.9. The molecule has 514 valence electrons. The van der Waals surface area contributed by atoms with Crippen molar-refractivity contribution >= 4 is 78.3 Å². The van der Waals surface area contributed by atoms with E-state index in [1.54, 1.807) is 6.07 Å². The zero-order valence-corrected chi connectivity index (χ0v) is 63.2. The third kappa shape index (κ3) is 16.6. The number of likely N-dealkylation sites (N-methyl/N-ethyl adjacent to an activating group) is 4. The molecule has 4 heterocycles. The van der Waals surface area contributed by atoms with Gasteiger partial charge in [-0.25, -0.2) is 0 Å². The normalized spacial score (nSPS) is 22.1. The molecule has 5 N–H and O–H groups in total. The van der Waals surface area contributed by atoms with Crippen molar-refractivity contribution in [1.82, 2.24) is 19.6 Å². The van der Waals surface area contributed by atoms with E-state index >= 15 is 0 Å². The largest absolute Gasteiger partial charge is 0.506 e. The van der Waals surface area contributed by atoms with Crippen molar-refractivity contribution in [2.24, 2.45) is 0 Å². The van der Waals surface area contributed by atoms with Gasteiger partial charge in [-0.3, -0.25) is 0 Å². The second-order valence-corrected chi connectivity index (χ2v) is 27.9. The minimum Gasteiger partial charge on any atom is -0.506 e. The SMILES string of the molecule is CBr.CBr.CC#N.CN1CCc2cc(Cl)c(O)cc2[C@H]2c3ccccc3CC[C@@H]21.CN1CCc2cc(Cl)c(O)cc2[C@H]2c3ccccc3CC[C@@H]21.CN1CCc2cc(Cl)c(O)cc2[C@H]2c3ccccc3CC[C@@H]21.CN1CCc2cc(Cl)c(O)cc2[C@H]2c3ccccc3CC[C@@H]21.CO. The highest BCUT2D eigenvalue weighted by molar-refractivity contribution is 9.09. The maximum absolute atomic E-state index is 10.1. The first-order valence-corrected chi connectivity index (χ1v) is 38.4. The lowest BCUT2D eigenvalue weighted by molar-refractivity contribution is 0.214. The summed E-state index contributed by atoms with van der Waals surface area (Å²) in [7, 11) is 9.88. The molecule has 0 saturated carbocycles. The van der Waals surface area contributed by atoms with E-state index in [4.69, 9.17) is 56.8 Å². The molecule has 0 amide bonds. The summed E-state index contributed by atoms with van der Waals surface area (Å²) in [5.74, 6) is 5.74. The van der Waals surface area contributed by atoms with Gasteiger partial charge in [0, 0.05) is 88.1 Å². The number of benzene rings is 8. The third-order valence-electron chi connectivity index (χ3n) is 21.3. The summed E-state index contributed by atoms with van der Waals surface area (Å²) in [6.07, 6.45) is 13.2. The van der Waals surface area contributed by atoms with Crippen LogP contribution in [0.1, 0.15) is 145 Å². The molecule has 0 aromatic heterocycles. The quantitative estimate of drug-likeness (QED) is 0.0933. The summed E-state index contributed by atoms with van der Waals surface area (Å²) in [4.78, 5) is 9.91. The average molecular weight is 1520 g/mol. The smallest absolute Gasteiger partial charge is 0.134 e. The number of aliphatic hydroxyl groups is 1. The molecule has 0 fully saturated rings. The summed E-state index contributed by atoms with van der Waals surface area (Å²) in [6.45, 7) is 5.59. The summed E-state index contributed by atoms with van der Waals surface area (Å²) in [6, 6.07) is 54.1. The molecule has 4 aliphatic heterocycles. The van der Waals surface area contributed by atoms with E-state index in [-0.39, 0.29) is 23.0 Å². The Morgan fingerprint density at radius 1 is 0.330 bits per heavy atom. The average Bonchev–Trinajstić information content (AvgIpc) is 1.77. The zero-order valence-electron chi connectivity index (χ0n) is 57.0. The Bertz CT molecular complexity index is 3540. The van der Waals surface area contributed by atoms with Gasteiger partial charge in [0.05, 0.1) is 26.2 Å². The van der Waals surface area contributed by atoms with Gasteiger partial charge in [-0.2, -0.15) is 5.26 Å². The van der Waals surface area contributed by atoms with Gasteiger partial charge in [0.1, 0.15) is 23.0 Å². The number of hydrogen-bond donors (Lipinski definition) is 5. The molecule has 16 heteroatoms. The molecule has 8 aliphatic rings. The summed E-state index contributed by atoms with van der Waals surface area (Å²) in [5.41, 5.74) is 21.5. The van der Waals surface area contributed by atoms with Crippen LogP contribution in [0.3, 0.4) is 0 Å². The molecular weight excluding hydrogens is 1420 g/mol. The fourth-order valence-corrected chi connectivity index (χ4v) is 17.5. The number of nitrogens with zero attached hydrogens (tertiary/aromatic N) is 5. The standard InChI is InChI=1S/4C19H20ClNO.C2H3N.2CH3Br.CH4O/c4*1-21-9-8-13-10-16(20)18(22)11-15(13)19-14-5-3-2-4-12(14)6-7-17(19)21;1-2-3;3*1-2/h4*2-5,10-11,17,19,22H,6-9H2,1H3;1H3;2*1H3;2H,1H3/t4*17-,19+;;;;/m0000..../s1. The van der Waals surface area contributed by atoms with Crippen molar-refractivity contribution in [2.45, 2.75) is 132 Å². The van der Waals surface area contributed by atoms with Crippen LogP contribution >= 0.6 is 78.3 Å². The van der Waals surface area contributed by atoms with Crippen molar-refractivity contribution in [1.29, 1.82) is 5.26 Å². The number of fused-ring (bicyclic) bond motifs is 20. The van der Waals surface area contributed by atoms with Gasteiger partial charge in [-0.05, 0) is 254 Å². The molecule has 0 radical (unpaired) electrons. The van der Waals surface area contributed by atoms with Gasteiger partial charge in [0.15, 0.2) is 0 Å². The number of nitriles is 1. The third-order valence-corrected chi connectivity index (χ3v) is 22.5. The minimum absolute atomic E-state index is 0.201. The molecule has 4 aliphatic carbocycles. The van der Waals surface area contributed by atoms with E-state index in [9.17, 15) is 20.4 Å². The first-order valence-electron chi connectivity index (χ1n) is 33.7. The fraction of sp³-hybridized carbons (Fsp3) is 0.395. The Morgan fingerprint density at radius 2 is 0.515 bits per heavy atom. The van der Waals surface area contributed by atoms with Gasteiger partial charge in [0.25, 0.3) is 0 Å². The number of rotatable bonds is 0. The second-order valence-electron chi connectivity index (χ2n) is 26.3. The van der Waals surface area contributed by atoms with E-state index in [2.05, 4.69) is 177 Å². The maximum atomic E-state index is 10.1. The van der Waals surface area contributed by atoms with Gasteiger partial charge in [-0.15, -0.1) is 0 Å². The highest BCUT2D eigenvalue weighted by Gasteiger charge is 2.41. The Kier molecular flexibility index (Phi) is 27.4. The van der Waals surface area contributed by atoms with Crippen molar-refractivity contribution < 1.29 is 25.5 Å². The maximum Gasteiger partial charge on any atom is 0.134 e. The Hall–Kier alpha value is -5.63. The van der Waals surface area contributed by atoms with Crippen molar-refractivity contribution in [2.75, 3.05) is 73.1 Å². The highest BCUT2D eigenvalue weighted by Crippen LogP contribution is 2.49. The van der Waals surface area contributed by atoms with Gasteiger partial charge < -0.3 is 45.1 Å². The molecule has 8 atom stereocenters. The predicted molar refractivity (Wildman–Crippen MR) is 409 cm³/mol. The number of phenolic OH excluding ortho intramolecular Hbond substituents is 4. The Labute approximate surface area is 612 Å².